The molecule has 142 valence electrons. The highest BCUT2D eigenvalue weighted by Crippen LogP contribution is 2.28. The van der Waals surface area contributed by atoms with E-state index >= 15 is 0 Å². The van der Waals surface area contributed by atoms with Gasteiger partial charge in [-0.05, 0) is 48.4 Å². The molecule has 0 aliphatic heterocycles. The van der Waals surface area contributed by atoms with Crippen molar-refractivity contribution in [3.05, 3.63) is 52.5 Å². The Balaban J connectivity index is 1.89. The molecule has 2 aromatic carbocycles. The molecule has 1 amide bonds. The average Bonchev–Trinajstić information content (AvgIpc) is 2.66. The van der Waals surface area contributed by atoms with E-state index in [1.54, 1.807) is 31.4 Å². The molecule has 1 N–H and O–H groups in total. The molecule has 0 aliphatic carbocycles. The molecule has 0 saturated carbocycles. The lowest BCUT2D eigenvalue weighted by Crippen LogP contribution is -2.21. The number of nitrogens with zero attached hydrogens (tertiary/aromatic N) is 1. The molecule has 0 spiro atoms. The first-order valence-corrected chi connectivity index (χ1v) is 8.73. The van der Waals surface area contributed by atoms with E-state index in [0.717, 1.165) is 16.9 Å². The van der Waals surface area contributed by atoms with Crippen molar-refractivity contribution in [2.45, 2.75) is 19.9 Å². The van der Waals surface area contributed by atoms with E-state index in [1.165, 1.54) is 0 Å². The molecule has 27 heavy (non-hydrogen) atoms. The van der Waals surface area contributed by atoms with Crippen molar-refractivity contribution >= 4 is 17.5 Å². The number of aryl methyl sites for hydroxylation is 1. The number of nitrogens with one attached hydrogen (secondary N) is 1. The molecule has 0 heterocycles. The summed E-state index contributed by atoms with van der Waals surface area (Å²) >= 11 is 6.00. The van der Waals surface area contributed by atoms with Crippen molar-refractivity contribution in [3.63, 3.8) is 0 Å². The smallest absolute Gasteiger partial charge is 0.234 e. The quantitative estimate of drug-likeness (QED) is 0.663. The van der Waals surface area contributed by atoms with Gasteiger partial charge >= 0.3 is 0 Å². The molecule has 2 rings (SSSR count). The molecule has 0 aromatic heterocycles. The minimum atomic E-state index is -0.317. The highest BCUT2D eigenvalue weighted by atomic mass is 35.5. The lowest BCUT2D eigenvalue weighted by Gasteiger charge is -2.13. The summed E-state index contributed by atoms with van der Waals surface area (Å²) in [6.07, 6.45) is -0.166. The molecular formula is C20H21ClN2O4. The Labute approximate surface area is 163 Å². The van der Waals surface area contributed by atoms with Crippen LogP contribution in [0.15, 0.2) is 36.4 Å². The minimum Gasteiger partial charge on any atom is -0.493 e. The van der Waals surface area contributed by atoms with Crippen LogP contribution in [-0.2, 0) is 11.3 Å². The number of benzene rings is 2. The van der Waals surface area contributed by atoms with Crippen LogP contribution in [0.4, 0.5) is 0 Å². The van der Waals surface area contributed by atoms with E-state index in [4.69, 9.17) is 31.1 Å². The molecule has 0 atom stereocenters. The molecule has 0 unspecified atom stereocenters. The van der Waals surface area contributed by atoms with Gasteiger partial charge in [0.1, 0.15) is 25.4 Å². The number of rotatable bonds is 9. The maximum Gasteiger partial charge on any atom is 0.234 e. The zero-order chi connectivity index (χ0) is 19.6. The Morgan fingerprint density at radius 1 is 1.15 bits per heavy atom. The summed E-state index contributed by atoms with van der Waals surface area (Å²) < 4.78 is 16.7. The Kier molecular flexibility index (Phi) is 7.78. The minimum absolute atomic E-state index is 0.166. The van der Waals surface area contributed by atoms with Gasteiger partial charge in [0, 0.05) is 11.6 Å². The van der Waals surface area contributed by atoms with Crippen LogP contribution in [0.5, 0.6) is 17.2 Å². The van der Waals surface area contributed by atoms with Crippen LogP contribution in [0, 0.1) is 18.3 Å². The van der Waals surface area contributed by atoms with Crippen LogP contribution < -0.4 is 19.5 Å². The molecule has 0 aliphatic rings. The number of halogens is 1. The van der Waals surface area contributed by atoms with Gasteiger partial charge in [-0.25, -0.2) is 0 Å². The SMILES string of the molecule is COc1ccc(CNC(=O)CC#N)cc1OCCOc1ccc(Cl)c(C)c1. The summed E-state index contributed by atoms with van der Waals surface area (Å²) in [4.78, 5) is 11.4. The monoisotopic (exact) mass is 388 g/mol. The zero-order valence-corrected chi connectivity index (χ0v) is 16.0. The van der Waals surface area contributed by atoms with Crippen LogP contribution in [0.1, 0.15) is 17.5 Å². The first kappa shape index (κ1) is 20.4. The van der Waals surface area contributed by atoms with Gasteiger partial charge in [-0.2, -0.15) is 5.26 Å². The number of hydrogen-bond donors (Lipinski definition) is 1. The number of methoxy groups -OCH3 is 1. The van der Waals surface area contributed by atoms with E-state index in [0.29, 0.717) is 36.3 Å². The second-order valence-electron chi connectivity index (χ2n) is 5.70. The Morgan fingerprint density at radius 3 is 2.63 bits per heavy atom. The number of carbonyl (C=O) groups is 1. The lowest BCUT2D eigenvalue weighted by atomic mass is 10.2. The zero-order valence-electron chi connectivity index (χ0n) is 15.3. The van der Waals surface area contributed by atoms with Gasteiger partial charge in [-0.15, -0.1) is 0 Å². The second kappa shape index (κ2) is 10.3. The fourth-order valence-corrected chi connectivity index (χ4v) is 2.41. The van der Waals surface area contributed by atoms with Crippen LogP contribution in [-0.4, -0.2) is 26.2 Å². The Hall–Kier alpha value is -2.91. The standard InChI is InChI=1S/C20H21ClN2O4/c1-14-11-16(4-5-17(14)21)26-9-10-27-19-12-15(3-6-18(19)25-2)13-23-20(24)7-8-22/h3-6,11-12H,7,9-10,13H2,1-2H3,(H,23,24). The fourth-order valence-electron chi connectivity index (χ4n) is 2.30. The van der Waals surface area contributed by atoms with E-state index < -0.39 is 0 Å². The van der Waals surface area contributed by atoms with Gasteiger partial charge in [0.05, 0.1) is 13.2 Å². The predicted octanol–water partition coefficient (Wildman–Crippen LogP) is 3.64. The van der Waals surface area contributed by atoms with Gasteiger partial charge in [-0.1, -0.05) is 17.7 Å². The van der Waals surface area contributed by atoms with Crippen molar-refractivity contribution in [2.75, 3.05) is 20.3 Å². The van der Waals surface area contributed by atoms with Crippen molar-refractivity contribution in [2.24, 2.45) is 0 Å². The summed E-state index contributed by atoms with van der Waals surface area (Å²) in [5.41, 5.74) is 1.79. The largest absolute Gasteiger partial charge is 0.493 e. The van der Waals surface area contributed by atoms with Crippen molar-refractivity contribution in [3.8, 4) is 23.3 Å². The molecule has 6 nitrogen and oxygen atoms in total. The summed E-state index contributed by atoms with van der Waals surface area (Å²) in [6, 6.07) is 12.7. The highest BCUT2D eigenvalue weighted by molar-refractivity contribution is 6.31. The van der Waals surface area contributed by atoms with Crippen LogP contribution in [0.2, 0.25) is 5.02 Å². The van der Waals surface area contributed by atoms with Crippen molar-refractivity contribution in [1.29, 1.82) is 5.26 Å². The third kappa shape index (κ3) is 6.39. The van der Waals surface area contributed by atoms with Gasteiger partial charge < -0.3 is 19.5 Å². The van der Waals surface area contributed by atoms with Gasteiger partial charge in [0.2, 0.25) is 5.91 Å². The van der Waals surface area contributed by atoms with Gasteiger partial charge in [0.25, 0.3) is 0 Å². The predicted molar refractivity (Wildman–Crippen MR) is 102 cm³/mol. The molecule has 0 saturated heterocycles. The molecule has 0 fully saturated rings. The normalized spacial score (nSPS) is 10.0. The topological polar surface area (TPSA) is 80.6 Å². The van der Waals surface area contributed by atoms with Gasteiger partial charge in [0.15, 0.2) is 11.5 Å². The molecule has 7 heteroatoms. The highest BCUT2D eigenvalue weighted by Gasteiger charge is 2.08. The third-order valence-corrected chi connectivity index (χ3v) is 4.12. The summed E-state index contributed by atoms with van der Waals surface area (Å²) in [5, 5.41) is 11.9. The lowest BCUT2D eigenvalue weighted by molar-refractivity contribution is -0.120. The number of hydrogen-bond acceptors (Lipinski definition) is 5. The van der Waals surface area contributed by atoms with Crippen LogP contribution in [0.3, 0.4) is 0 Å². The first-order chi connectivity index (χ1) is 13.0. The number of ether oxygens (including phenoxy) is 3. The van der Waals surface area contributed by atoms with Crippen LogP contribution >= 0.6 is 11.6 Å². The Bertz CT molecular complexity index is 833. The molecule has 2 aromatic rings. The van der Waals surface area contributed by atoms with Crippen LogP contribution in [0.25, 0.3) is 0 Å². The van der Waals surface area contributed by atoms with E-state index in [2.05, 4.69) is 5.32 Å². The van der Waals surface area contributed by atoms with Crippen molar-refractivity contribution in [1.82, 2.24) is 5.32 Å². The summed E-state index contributed by atoms with van der Waals surface area (Å²) in [7, 11) is 1.56. The average molecular weight is 389 g/mol. The van der Waals surface area contributed by atoms with Crippen molar-refractivity contribution < 1.29 is 19.0 Å². The Morgan fingerprint density at radius 2 is 1.93 bits per heavy atom. The fraction of sp³-hybridized carbons (Fsp3) is 0.300. The molecule has 0 bridgehead atoms. The summed E-state index contributed by atoms with van der Waals surface area (Å²) in [6.45, 7) is 2.90. The van der Waals surface area contributed by atoms with E-state index in [9.17, 15) is 4.79 Å². The molecular weight excluding hydrogens is 368 g/mol. The maximum atomic E-state index is 11.4. The third-order valence-electron chi connectivity index (χ3n) is 3.70. The number of amides is 1. The number of nitriles is 1. The first-order valence-electron chi connectivity index (χ1n) is 8.35. The second-order valence-corrected chi connectivity index (χ2v) is 6.11. The van der Waals surface area contributed by atoms with Gasteiger partial charge in [-0.3, -0.25) is 4.79 Å². The number of carbonyl (C=O) groups excluding carboxylic acids is 1. The summed E-state index contributed by atoms with van der Waals surface area (Å²) in [5.74, 6) is 1.55. The molecule has 0 radical (unpaired) electrons. The van der Waals surface area contributed by atoms with E-state index in [1.807, 2.05) is 25.1 Å². The van der Waals surface area contributed by atoms with E-state index in [-0.39, 0.29) is 12.3 Å². The maximum absolute atomic E-state index is 11.4.